The van der Waals surface area contributed by atoms with E-state index >= 15 is 0 Å². The number of carbonyl (C=O) groups excluding carboxylic acids is 2. The number of ether oxygens (including phenoxy) is 2. The van der Waals surface area contributed by atoms with Crippen LogP contribution in [0.1, 0.15) is 44.1 Å². The zero-order valence-electron chi connectivity index (χ0n) is 20.1. The van der Waals surface area contributed by atoms with E-state index in [0.29, 0.717) is 37.1 Å². The lowest BCUT2D eigenvalue weighted by Gasteiger charge is -2.24. The maximum absolute atomic E-state index is 12.8. The molecule has 34 heavy (non-hydrogen) atoms. The Balaban J connectivity index is 1.26. The number of nitrogens with zero attached hydrogens (tertiary/aromatic N) is 1. The number of nitrogens with one attached hydrogen (secondary N) is 2. The summed E-state index contributed by atoms with van der Waals surface area (Å²) in [6.45, 7) is 1.01. The molecule has 1 aliphatic heterocycles. The van der Waals surface area contributed by atoms with Gasteiger partial charge in [-0.05, 0) is 61.2 Å². The number of hydrogen-bond acceptors (Lipinski definition) is 5. The van der Waals surface area contributed by atoms with Crippen molar-refractivity contribution in [2.75, 3.05) is 37.9 Å². The lowest BCUT2D eigenvalue weighted by Crippen LogP contribution is -2.30. The summed E-state index contributed by atoms with van der Waals surface area (Å²) in [5.74, 6) is 0.934. The standard InChI is InChI=1S/C27H35N3O4/c1-33-24-13-8-19(16-25(24)34-2)14-15-30-18-20(17-26(30)31)27(32)29-23-11-9-22(10-12-23)28-21-6-4-3-5-7-21/h8-13,16,20-21,28H,3-7,14-15,17-18H2,1-2H3,(H,29,32). The van der Waals surface area contributed by atoms with Crippen molar-refractivity contribution in [2.45, 2.75) is 51.0 Å². The van der Waals surface area contributed by atoms with Crippen molar-refractivity contribution in [1.29, 1.82) is 0 Å². The molecule has 0 aromatic heterocycles. The van der Waals surface area contributed by atoms with Crippen molar-refractivity contribution in [3.63, 3.8) is 0 Å². The molecule has 182 valence electrons. The van der Waals surface area contributed by atoms with Gasteiger partial charge >= 0.3 is 0 Å². The Kier molecular flexibility index (Phi) is 7.93. The Morgan fingerprint density at radius 3 is 2.38 bits per heavy atom. The van der Waals surface area contributed by atoms with E-state index in [1.807, 2.05) is 42.5 Å². The van der Waals surface area contributed by atoms with Crippen LogP contribution in [-0.4, -0.2) is 50.1 Å². The first kappa shape index (κ1) is 23.9. The fraction of sp³-hybridized carbons (Fsp3) is 0.481. The van der Waals surface area contributed by atoms with Crippen molar-refractivity contribution in [2.24, 2.45) is 5.92 Å². The molecule has 7 nitrogen and oxygen atoms in total. The van der Waals surface area contributed by atoms with Gasteiger partial charge in [0.25, 0.3) is 0 Å². The average molecular weight is 466 g/mol. The van der Waals surface area contributed by atoms with Gasteiger partial charge in [0.2, 0.25) is 11.8 Å². The minimum atomic E-state index is -0.335. The van der Waals surface area contributed by atoms with Gasteiger partial charge in [-0.1, -0.05) is 25.3 Å². The summed E-state index contributed by atoms with van der Waals surface area (Å²) in [4.78, 5) is 27.1. The predicted molar refractivity (Wildman–Crippen MR) is 134 cm³/mol. The molecule has 1 aliphatic carbocycles. The minimum absolute atomic E-state index is 0.0210. The number of anilines is 2. The van der Waals surface area contributed by atoms with Crippen molar-refractivity contribution >= 4 is 23.2 Å². The van der Waals surface area contributed by atoms with Gasteiger partial charge in [-0.3, -0.25) is 9.59 Å². The quantitative estimate of drug-likeness (QED) is 0.571. The lowest BCUT2D eigenvalue weighted by molar-refractivity contribution is -0.128. The van der Waals surface area contributed by atoms with Crippen LogP contribution in [0.15, 0.2) is 42.5 Å². The van der Waals surface area contributed by atoms with E-state index in [2.05, 4.69) is 10.6 Å². The third kappa shape index (κ3) is 6.01. The fourth-order valence-corrected chi connectivity index (χ4v) is 4.84. The van der Waals surface area contributed by atoms with Crippen molar-refractivity contribution in [3.05, 3.63) is 48.0 Å². The molecule has 2 N–H and O–H groups in total. The molecule has 2 amide bonds. The Labute approximate surface area is 201 Å². The average Bonchev–Trinajstić information content (AvgIpc) is 3.25. The number of rotatable bonds is 9. The zero-order chi connectivity index (χ0) is 23.9. The van der Waals surface area contributed by atoms with E-state index < -0.39 is 0 Å². The molecular formula is C27H35N3O4. The van der Waals surface area contributed by atoms with E-state index in [1.165, 1.54) is 32.1 Å². The van der Waals surface area contributed by atoms with Gasteiger partial charge < -0.3 is 25.0 Å². The van der Waals surface area contributed by atoms with Crippen molar-refractivity contribution < 1.29 is 19.1 Å². The largest absolute Gasteiger partial charge is 0.493 e. The van der Waals surface area contributed by atoms with Crippen LogP contribution < -0.4 is 20.1 Å². The SMILES string of the molecule is COc1ccc(CCN2CC(C(=O)Nc3ccc(NC4CCCCC4)cc3)CC2=O)cc1OC. The third-order valence-corrected chi connectivity index (χ3v) is 6.83. The maximum Gasteiger partial charge on any atom is 0.229 e. The lowest BCUT2D eigenvalue weighted by atomic mass is 9.95. The molecular weight excluding hydrogens is 430 g/mol. The van der Waals surface area contributed by atoms with Crippen LogP contribution in [0.4, 0.5) is 11.4 Å². The van der Waals surface area contributed by atoms with Crippen molar-refractivity contribution in [3.8, 4) is 11.5 Å². The molecule has 1 heterocycles. The van der Waals surface area contributed by atoms with Crippen molar-refractivity contribution in [1.82, 2.24) is 4.90 Å². The van der Waals surface area contributed by atoms with E-state index in [-0.39, 0.29) is 24.2 Å². The number of amides is 2. The van der Waals surface area contributed by atoms with Crippen LogP contribution >= 0.6 is 0 Å². The molecule has 4 rings (SSSR count). The molecule has 0 radical (unpaired) electrons. The van der Waals surface area contributed by atoms with Gasteiger partial charge in [0, 0.05) is 36.9 Å². The summed E-state index contributed by atoms with van der Waals surface area (Å²) in [5.41, 5.74) is 2.90. The molecule has 7 heteroatoms. The van der Waals surface area contributed by atoms with Gasteiger partial charge in [-0.25, -0.2) is 0 Å². The smallest absolute Gasteiger partial charge is 0.229 e. The summed E-state index contributed by atoms with van der Waals surface area (Å²) < 4.78 is 10.6. The summed E-state index contributed by atoms with van der Waals surface area (Å²) >= 11 is 0. The van der Waals surface area contributed by atoms with E-state index in [1.54, 1.807) is 19.1 Å². The van der Waals surface area contributed by atoms with Crippen LogP contribution in [0, 0.1) is 5.92 Å². The second kappa shape index (κ2) is 11.3. The van der Waals surface area contributed by atoms with Gasteiger partial charge in [-0.15, -0.1) is 0 Å². The summed E-state index contributed by atoms with van der Waals surface area (Å²) in [6, 6.07) is 14.2. The Bertz CT molecular complexity index is 986. The third-order valence-electron chi connectivity index (χ3n) is 6.83. The van der Waals surface area contributed by atoms with E-state index in [9.17, 15) is 9.59 Å². The van der Waals surface area contributed by atoms with Crippen LogP contribution in [0.5, 0.6) is 11.5 Å². The molecule has 2 fully saturated rings. The highest BCUT2D eigenvalue weighted by atomic mass is 16.5. The first-order valence-electron chi connectivity index (χ1n) is 12.2. The molecule has 1 saturated heterocycles. The highest BCUT2D eigenvalue weighted by molar-refractivity contribution is 5.97. The summed E-state index contributed by atoms with van der Waals surface area (Å²) in [7, 11) is 3.21. The number of likely N-dealkylation sites (tertiary alicyclic amines) is 1. The fourth-order valence-electron chi connectivity index (χ4n) is 4.84. The number of methoxy groups -OCH3 is 2. The Hall–Kier alpha value is -3.22. The molecule has 0 bridgehead atoms. The van der Waals surface area contributed by atoms with Crippen LogP contribution in [-0.2, 0) is 16.0 Å². The molecule has 1 atom stereocenters. The zero-order valence-corrected chi connectivity index (χ0v) is 20.1. The molecule has 2 aliphatic rings. The number of carbonyl (C=O) groups is 2. The summed E-state index contributed by atoms with van der Waals surface area (Å²) in [6.07, 6.45) is 7.29. The van der Waals surface area contributed by atoms with Gasteiger partial charge in [-0.2, -0.15) is 0 Å². The van der Waals surface area contributed by atoms with Crippen LogP contribution in [0.2, 0.25) is 0 Å². The predicted octanol–water partition coefficient (Wildman–Crippen LogP) is 4.48. The number of benzene rings is 2. The minimum Gasteiger partial charge on any atom is -0.493 e. The Morgan fingerprint density at radius 2 is 1.68 bits per heavy atom. The van der Waals surface area contributed by atoms with E-state index in [4.69, 9.17) is 9.47 Å². The van der Waals surface area contributed by atoms with Gasteiger partial charge in [0.1, 0.15) is 0 Å². The molecule has 0 spiro atoms. The summed E-state index contributed by atoms with van der Waals surface area (Å²) in [5, 5.41) is 6.57. The second-order valence-corrected chi connectivity index (χ2v) is 9.23. The molecule has 1 unspecified atom stereocenters. The molecule has 2 aromatic carbocycles. The normalized spacial score (nSPS) is 18.6. The topological polar surface area (TPSA) is 79.9 Å². The van der Waals surface area contributed by atoms with Gasteiger partial charge in [0.05, 0.1) is 20.1 Å². The highest BCUT2D eigenvalue weighted by Crippen LogP contribution is 2.28. The molecule has 1 saturated carbocycles. The Morgan fingerprint density at radius 1 is 0.971 bits per heavy atom. The first-order chi connectivity index (χ1) is 16.6. The van der Waals surface area contributed by atoms with E-state index in [0.717, 1.165) is 16.9 Å². The maximum atomic E-state index is 12.8. The monoisotopic (exact) mass is 465 g/mol. The molecule has 2 aromatic rings. The van der Waals surface area contributed by atoms with Crippen LogP contribution in [0.3, 0.4) is 0 Å². The second-order valence-electron chi connectivity index (χ2n) is 9.23. The van der Waals surface area contributed by atoms with Gasteiger partial charge in [0.15, 0.2) is 11.5 Å². The first-order valence-corrected chi connectivity index (χ1v) is 12.2. The highest BCUT2D eigenvalue weighted by Gasteiger charge is 2.34. The number of hydrogen-bond donors (Lipinski definition) is 2. The van der Waals surface area contributed by atoms with Crippen LogP contribution in [0.25, 0.3) is 0 Å².